The maximum atomic E-state index is 6.00. The number of ether oxygens (including phenoxy) is 1. The Morgan fingerprint density at radius 3 is 2.53 bits per heavy atom. The Balaban J connectivity index is 2.66. The van der Waals surface area contributed by atoms with Crippen LogP contribution >= 0.6 is 11.6 Å². The third kappa shape index (κ3) is 4.66. The smallest absolute Gasteiger partial charge is 0.0618 e. The molecule has 1 aromatic rings. The van der Waals surface area contributed by atoms with Gasteiger partial charge in [-0.1, -0.05) is 37.6 Å². The summed E-state index contributed by atoms with van der Waals surface area (Å²) in [5.74, 6) is 0.539. The number of halogens is 1. The Morgan fingerprint density at radius 1 is 1.29 bits per heavy atom. The first-order chi connectivity index (χ1) is 8.04. The minimum Gasteiger partial charge on any atom is -0.383 e. The van der Waals surface area contributed by atoms with E-state index in [0.717, 1.165) is 11.6 Å². The molecule has 1 N–H and O–H groups in total. The Kier molecular flexibility index (Phi) is 5.96. The zero-order valence-corrected chi connectivity index (χ0v) is 11.8. The molecule has 2 atom stereocenters. The zero-order valence-electron chi connectivity index (χ0n) is 11.0. The van der Waals surface area contributed by atoms with E-state index in [1.165, 1.54) is 5.56 Å². The SMILES string of the molecule is COCC(N[C@@H](C)c1cccc(Cl)c1)C(C)C. The maximum Gasteiger partial charge on any atom is 0.0618 e. The van der Waals surface area contributed by atoms with Crippen molar-refractivity contribution in [2.24, 2.45) is 5.92 Å². The van der Waals surface area contributed by atoms with E-state index in [1.807, 2.05) is 18.2 Å². The fourth-order valence-corrected chi connectivity index (χ4v) is 2.00. The summed E-state index contributed by atoms with van der Waals surface area (Å²) in [6.07, 6.45) is 0. The maximum absolute atomic E-state index is 6.00. The highest BCUT2D eigenvalue weighted by Crippen LogP contribution is 2.19. The molecule has 0 radical (unpaired) electrons. The molecule has 2 nitrogen and oxygen atoms in total. The quantitative estimate of drug-likeness (QED) is 0.838. The summed E-state index contributed by atoms with van der Waals surface area (Å²) in [5.41, 5.74) is 1.21. The number of nitrogens with one attached hydrogen (secondary N) is 1. The molecule has 1 rings (SSSR count). The van der Waals surface area contributed by atoms with Gasteiger partial charge >= 0.3 is 0 Å². The lowest BCUT2D eigenvalue weighted by Crippen LogP contribution is -2.39. The summed E-state index contributed by atoms with van der Waals surface area (Å²) in [7, 11) is 1.74. The highest BCUT2D eigenvalue weighted by Gasteiger charge is 2.16. The van der Waals surface area contributed by atoms with Gasteiger partial charge in [0.1, 0.15) is 0 Å². The average Bonchev–Trinajstić information content (AvgIpc) is 2.28. The first-order valence-electron chi connectivity index (χ1n) is 6.05. The molecule has 1 unspecified atom stereocenters. The molecule has 0 saturated heterocycles. The minimum absolute atomic E-state index is 0.274. The number of hydrogen-bond acceptors (Lipinski definition) is 2. The lowest BCUT2D eigenvalue weighted by Gasteiger charge is -2.26. The predicted octanol–water partition coefficient (Wildman–Crippen LogP) is 3.66. The molecular formula is C14H22ClNO. The normalized spacial score (nSPS) is 14.9. The van der Waals surface area contributed by atoms with Crippen LogP contribution in [0.5, 0.6) is 0 Å². The molecular weight excluding hydrogens is 234 g/mol. The van der Waals surface area contributed by atoms with Crippen molar-refractivity contribution in [3.05, 3.63) is 34.9 Å². The van der Waals surface area contributed by atoms with Gasteiger partial charge in [0.05, 0.1) is 6.61 Å². The van der Waals surface area contributed by atoms with Gasteiger partial charge in [-0.05, 0) is 30.5 Å². The number of hydrogen-bond donors (Lipinski definition) is 1. The first-order valence-corrected chi connectivity index (χ1v) is 6.42. The van der Waals surface area contributed by atoms with Crippen molar-refractivity contribution >= 4 is 11.6 Å². The van der Waals surface area contributed by atoms with Crippen molar-refractivity contribution in [1.82, 2.24) is 5.32 Å². The van der Waals surface area contributed by atoms with Gasteiger partial charge in [0.15, 0.2) is 0 Å². The molecule has 96 valence electrons. The molecule has 0 aliphatic carbocycles. The molecule has 0 fully saturated rings. The molecule has 0 aromatic heterocycles. The predicted molar refractivity (Wildman–Crippen MR) is 73.5 cm³/mol. The Hall–Kier alpha value is -0.570. The summed E-state index contributed by atoms with van der Waals surface area (Å²) in [6.45, 7) is 7.27. The summed E-state index contributed by atoms with van der Waals surface area (Å²) in [6, 6.07) is 8.60. The van der Waals surface area contributed by atoms with E-state index < -0.39 is 0 Å². The summed E-state index contributed by atoms with van der Waals surface area (Å²) in [4.78, 5) is 0. The molecule has 0 heterocycles. The van der Waals surface area contributed by atoms with E-state index in [0.29, 0.717) is 12.0 Å². The average molecular weight is 256 g/mol. The van der Waals surface area contributed by atoms with E-state index in [-0.39, 0.29) is 6.04 Å². The van der Waals surface area contributed by atoms with Gasteiger partial charge in [0.2, 0.25) is 0 Å². The third-order valence-electron chi connectivity index (χ3n) is 2.96. The van der Waals surface area contributed by atoms with Crippen LogP contribution in [0.25, 0.3) is 0 Å². The van der Waals surface area contributed by atoms with Crippen molar-refractivity contribution in [3.8, 4) is 0 Å². The van der Waals surface area contributed by atoms with Gasteiger partial charge in [-0.25, -0.2) is 0 Å². The highest BCUT2D eigenvalue weighted by atomic mass is 35.5. The molecule has 1 aromatic carbocycles. The number of methoxy groups -OCH3 is 1. The van der Waals surface area contributed by atoms with Crippen LogP contribution in [0.3, 0.4) is 0 Å². The van der Waals surface area contributed by atoms with Crippen LogP contribution in [0, 0.1) is 5.92 Å². The Labute approximate surface area is 109 Å². The second-order valence-corrected chi connectivity index (χ2v) is 5.19. The van der Waals surface area contributed by atoms with E-state index in [2.05, 4.69) is 32.2 Å². The Bertz CT molecular complexity index is 341. The van der Waals surface area contributed by atoms with E-state index in [9.17, 15) is 0 Å². The standard InChI is InChI=1S/C14H22ClNO/c1-10(2)14(9-17-4)16-11(3)12-6-5-7-13(15)8-12/h5-8,10-11,14,16H,9H2,1-4H3/t11-,14?/m0/s1. The molecule has 3 heteroatoms. The molecule has 0 saturated carbocycles. The van der Waals surface area contributed by atoms with Crippen LogP contribution in [-0.2, 0) is 4.74 Å². The molecule has 0 aliphatic rings. The highest BCUT2D eigenvalue weighted by molar-refractivity contribution is 6.30. The van der Waals surface area contributed by atoms with E-state index >= 15 is 0 Å². The van der Waals surface area contributed by atoms with Gasteiger partial charge in [-0.3, -0.25) is 0 Å². The van der Waals surface area contributed by atoms with Crippen LogP contribution in [-0.4, -0.2) is 19.8 Å². The van der Waals surface area contributed by atoms with Crippen molar-refractivity contribution in [2.75, 3.05) is 13.7 Å². The molecule has 0 spiro atoms. The summed E-state index contributed by atoms with van der Waals surface area (Å²) in [5, 5.41) is 4.36. The number of rotatable bonds is 6. The van der Waals surface area contributed by atoms with Crippen LogP contribution in [0.1, 0.15) is 32.4 Å². The fraction of sp³-hybridized carbons (Fsp3) is 0.571. The molecule has 0 bridgehead atoms. The van der Waals surface area contributed by atoms with Crippen LogP contribution in [0.15, 0.2) is 24.3 Å². The lowest BCUT2D eigenvalue weighted by atomic mass is 10.0. The van der Waals surface area contributed by atoms with Crippen molar-refractivity contribution in [1.29, 1.82) is 0 Å². The summed E-state index contributed by atoms with van der Waals surface area (Å²) >= 11 is 6.00. The topological polar surface area (TPSA) is 21.3 Å². The molecule has 0 aliphatic heterocycles. The van der Waals surface area contributed by atoms with E-state index in [1.54, 1.807) is 7.11 Å². The van der Waals surface area contributed by atoms with Crippen molar-refractivity contribution in [3.63, 3.8) is 0 Å². The minimum atomic E-state index is 0.274. The van der Waals surface area contributed by atoms with Crippen molar-refractivity contribution < 1.29 is 4.74 Å². The summed E-state index contributed by atoms with van der Waals surface area (Å²) < 4.78 is 5.24. The van der Waals surface area contributed by atoms with Crippen LogP contribution < -0.4 is 5.32 Å². The monoisotopic (exact) mass is 255 g/mol. The fourth-order valence-electron chi connectivity index (χ4n) is 1.81. The number of benzene rings is 1. The van der Waals surface area contributed by atoms with Gasteiger partial charge < -0.3 is 10.1 Å². The van der Waals surface area contributed by atoms with Gasteiger partial charge in [0.25, 0.3) is 0 Å². The van der Waals surface area contributed by atoms with Gasteiger partial charge in [-0.15, -0.1) is 0 Å². The van der Waals surface area contributed by atoms with Gasteiger partial charge in [0, 0.05) is 24.2 Å². The van der Waals surface area contributed by atoms with Crippen LogP contribution in [0.4, 0.5) is 0 Å². The van der Waals surface area contributed by atoms with Crippen LogP contribution in [0.2, 0.25) is 5.02 Å². The van der Waals surface area contributed by atoms with E-state index in [4.69, 9.17) is 16.3 Å². The molecule has 17 heavy (non-hydrogen) atoms. The zero-order chi connectivity index (χ0) is 12.8. The first kappa shape index (κ1) is 14.5. The largest absolute Gasteiger partial charge is 0.383 e. The third-order valence-corrected chi connectivity index (χ3v) is 3.20. The molecule has 0 amide bonds. The van der Waals surface area contributed by atoms with Crippen molar-refractivity contribution in [2.45, 2.75) is 32.9 Å². The second kappa shape index (κ2) is 7.00. The Morgan fingerprint density at radius 2 is 2.00 bits per heavy atom. The second-order valence-electron chi connectivity index (χ2n) is 4.75. The van der Waals surface area contributed by atoms with Gasteiger partial charge in [-0.2, -0.15) is 0 Å². The lowest BCUT2D eigenvalue weighted by molar-refractivity contribution is 0.141.